The fourth-order valence-electron chi connectivity index (χ4n) is 3.50. The van der Waals surface area contributed by atoms with E-state index in [0.29, 0.717) is 22.5 Å². The second-order valence-corrected chi connectivity index (χ2v) is 10.1. The number of nitrogens with zero attached hydrogens (tertiary/aromatic N) is 1. The van der Waals surface area contributed by atoms with Gasteiger partial charge in [-0.1, -0.05) is 30.3 Å². The molecule has 0 saturated heterocycles. The molecule has 0 saturated carbocycles. The van der Waals surface area contributed by atoms with Crippen LogP contribution in [-0.2, 0) is 9.84 Å². The minimum atomic E-state index is -3.67. The van der Waals surface area contributed by atoms with Crippen LogP contribution in [-0.4, -0.2) is 31.4 Å². The van der Waals surface area contributed by atoms with Crippen molar-refractivity contribution in [1.29, 1.82) is 0 Å². The van der Waals surface area contributed by atoms with E-state index < -0.39 is 32.8 Å². The fourth-order valence-corrected chi connectivity index (χ4v) is 4.74. The summed E-state index contributed by atoms with van der Waals surface area (Å²) in [6, 6.07) is 18.8. The largest absolute Gasteiger partial charge is 0.322 e. The van der Waals surface area contributed by atoms with Crippen molar-refractivity contribution in [3.8, 4) is 0 Å². The van der Waals surface area contributed by atoms with Gasteiger partial charge in [-0.3, -0.25) is 14.4 Å². The van der Waals surface area contributed by atoms with E-state index >= 15 is 0 Å². The zero-order chi connectivity index (χ0) is 23.0. The Labute approximate surface area is 185 Å². The van der Waals surface area contributed by atoms with E-state index in [0.717, 1.165) is 4.90 Å². The summed E-state index contributed by atoms with van der Waals surface area (Å²) in [6.07, 6.45) is 0. The van der Waals surface area contributed by atoms with Crippen LogP contribution in [0, 0.1) is 0 Å². The smallest absolute Gasteiger partial charge is 0.266 e. The van der Waals surface area contributed by atoms with Gasteiger partial charge >= 0.3 is 0 Å². The lowest BCUT2D eigenvalue weighted by molar-refractivity contribution is 0.0925. The van der Waals surface area contributed by atoms with Gasteiger partial charge < -0.3 is 5.32 Å². The van der Waals surface area contributed by atoms with Crippen molar-refractivity contribution < 1.29 is 22.8 Å². The van der Waals surface area contributed by atoms with Crippen molar-refractivity contribution in [1.82, 2.24) is 0 Å². The minimum Gasteiger partial charge on any atom is -0.322 e. The van der Waals surface area contributed by atoms with Crippen molar-refractivity contribution in [2.45, 2.75) is 24.0 Å². The van der Waals surface area contributed by atoms with E-state index in [-0.39, 0.29) is 10.5 Å². The topological polar surface area (TPSA) is 101 Å². The van der Waals surface area contributed by atoms with Gasteiger partial charge in [0.2, 0.25) is 0 Å². The molecule has 3 aromatic rings. The maximum absolute atomic E-state index is 12.9. The molecule has 1 aliphatic rings. The van der Waals surface area contributed by atoms with Gasteiger partial charge in [0.1, 0.15) is 0 Å². The molecule has 3 amide bonds. The summed E-state index contributed by atoms with van der Waals surface area (Å²) >= 11 is 0. The van der Waals surface area contributed by atoms with E-state index in [1.165, 1.54) is 18.2 Å². The highest BCUT2D eigenvalue weighted by atomic mass is 32.2. The number of carbonyl (C=O) groups is 3. The van der Waals surface area contributed by atoms with Gasteiger partial charge in [0.05, 0.1) is 32.5 Å². The lowest BCUT2D eigenvalue weighted by Gasteiger charge is -2.16. The van der Waals surface area contributed by atoms with Crippen LogP contribution in [0.4, 0.5) is 11.4 Å². The first-order valence-electron chi connectivity index (χ1n) is 9.94. The molecule has 0 spiro atoms. The van der Waals surface area contributed by atoms with Crippen LogP contribution in [0.25, 0.3) is 0 Å². The van der Waals surface area contributed by atoms with Gasteiger partial charge in [-0.25, -0.2) is 13.3 Å². The highest BCUT2D eigenvalue weighted by Crippen LogP contribution is 2.30. The minimum absolute atomic E-state index is 0.0207. The van der Waals surface area contributed by atoms with Crippen molar-refractivity contribution in [3.05, 3.63) is 89.5 Å². The van der Waals surface area contributed by atoms with Crippen molar-refractivity contribution in [2.75, 3.05) is 10.2 Å². The Morgan fingerprint density at radius 1 is 0.844 bits per heavy atom. The maximum Gasteiger partial charge on any atom is 0.266 e. The van der Waals surface area contributed by atoms with E-state index in [2.05, 4.69) is 5.32 Å². The molecule has 0 aromatic heterocycles. The van der Waals surface area contributed by atoms with Gasteiger partial charge in [0.15, 0.2) is 9.84 Å². The van der Waals surface area contributed by atoms with Crippen molar-refractivity contribution in [2.24, 2.45) is 0 Å². The predicted molar refractivity (Wildman–Crippen MR) is 121 cm³/mol. The van der Waals surface area contributed by atoms with Crippen LogP contribution in [0.2, 0.25) is 0 Å². The zero-order valence-corrected chi connectivity index (χ0v) is 18.2. The Bertz CT molecular complexity index is 1330. The average molecular weight is 449 g/mol. The number of imide groups is 1. The molecular formula is C24H20N2O5S. The third-order valence-electron chi connectivity index (χ3n) is 5.22. The number of nitrogens with one attached hydrogen (secondary N) is 1. The van der Waals surface area contributed by atoms with Gasteiger partial charge in [0, 0.05) is 5.69 Å². The molecule has 0 fully saturated rings. The first-order valence-corrected chi connectivity index (χ1v) is 11.5. The number of benzene rings is 3. The number of fused-ring (bicyclic) bond motifs is 1. The molecule has 0 unspecified atom stereocenters. The van der Waals surface area contributed by atoms with Gasteiger partial charge in [-0.15, -0.1) is 0 Å². The number of carbonyl (C=O) groups excluding carboxylic acids is 3. The van der Waals surface area contributed by atoms with Crippen LogP contribution in [0.1, 0.15) is 44.9 Å². The molecule has 0 aliphatic carbocycles. The molecule has 0 radical (unpaired) electrons. The molecule has 7 nitrogen and oxygen atoms in total. The summed E-state index contributed by atoms with van der Waals surface area (Å²) in [7, 11) is -3.67. The zero-order valence-electron chi connectivity index (χ0n) is 17.4. The standard InChI is InChI=1S/C24H20N2O5S/c1-15(2)32(30,31)21-13-6-5-12-20(21)22(27)25-16-8-7-9-17(14-16)26-23(28)18-10-3-4-11-19(18)24(26)29/h3-15H,1-2H3,(H,25,27). The summed E-state index contributed by atoms with van der Waals surface area (Å²) in [5.74, 6) is -1.49. The van der Waals surface area contributed by atoms with Crippen LogP contribution in [0.5, 0.6) is 0 Å². The number of anilines is 2. The molecule has 1 N–H and O–H groups in total. The van der Waals surface area contributed by atoms with Gasteiger partial charge in [-0.2, -0.15) is 0 Å². The molecule has 3 aromatic carbocycles. The normalized spacial score (nSPS) is 13.4. The Kier molecular flexibility index (Phi) is 5.40. The Morgan fingerprint density at radius 2 is 1.44 bits per heavy atom. The lowest BCUT2D eigenvalue weighted by atomic mass is 10.1. The monoisotopic (exact) mass is 448 g/mol. The molecule has 0 bridgehead atoms. The summed E-state index contributed by atoms with van der Waals surface area (Å²) in [6.45, 7) is 3.10. The van der Waals surface area contributed by atoms with Gasteiger partial charge in [-0.05, 0) is 56.3 Å². The SMILES string of the molecule is CC(C)S(=O)(=O)c1ccccc1C(=O)Nc1cccc(N2C(=O)c3ccccc3C2=O)c1. The van der Waals surface area contributed by atoms with Crippen LogP contribution < -0.4 is 10.2 Å². The number of hydrogen-bond donors (Lipinski definition) is 1. The molecule has 162 valence electrons. The molecular weight excluding hydrogens is 428 g/mol. The number of amides is 3. The Morgan fingerprint density at radius 3 is 2.06 bits per heavy atom. The summed E-state index contributed by atoms with van der Waals surface area (Å²) in [5.41, 5.74) is 1.28. The van der Waals surface area contributed by atoms with Crippen molar-refractivity contribution in [3.63, 3.8) is 0 Å². The predicted octanol–water partition coefficient (Wildman–Crippen LogP) is 3.92. The van der Waals surface area contributed by atoms with Crippen LogP contribution >= 0.6 is 0 Å². The molecule has 1 aliphatic heterocycles. The van der Waals surface area contributed by atoms with E-state index in [9.17, 15) is 22.8 Å². The molecule has 32 heavy (non-hydrogen) atoms. The van der Waals surface area contributed by atoms with E-state index in [1.807, 2.05) is 0 Å². The molecule has 1 heterocycles. The summed E-state index contributed by atoms with van der Waals surface area (Å²) in [5, 5.41) is 1.99. The highest BCUT2D eigenvalue weighted by Gasteiger charge is 2.36. The quantitative estimate of drug-likeness (QED) is 0.596. The second kappa shape index (κ2) is 8.05. The number of sulfone groups is 1. The Hall–Kier alpha value is -3.78. The van der Waals surface area contributed by atoms with E-state index in [1.54, 1.807) is 68.4 Å². The lowest BCUT2D eigenvalue weighted by Crippen LogP contribution is -2.29. The first-order chi connectivity index (χ1) is 15.2. The molecule has 0 atom stereocenters. The van der Waals surface area contributed by atoms with Crippen LogP contribution in [0.3, 0.4) is 0 Å². The van der Waals surface area contributed by atoms with E-state index in [4.69, 9.17) is 0 Å². The summed E-state index contributed by atoms with van der Waals surface area (Å²) < 4.78 is 25.3. The maximum atomic E-state index is 12.9. The van der Waals surface area contributed by atoms with Crippen molar-refractivity contribution >= 4 is 38.9 Å². The second-order valence-electron chi connectivity index (χ2n) is 7.59. The first kappa shape index (κ1) is 21.5. The third-order valence-corrected chi connectivity index (χ3v) is 7.43. The Balaban J connectivity index is 1.64. The van der Waals surface area contributed by atoms with Crippen LogP contribution in [0.15, 0.2) is 77.7 Å². The third kappa shape index (κ3) is 3.58. The highest BCUT2D eigenvalue weighted by molar-refractivity contribution is 7.92. The average Bonchev–Trinajstić information content (AvgIpc) is 3.04. The van der Waals surface area contributed by atoms with Gasteiger partial charge in [0.25, 0.3) is 17.7 Å². The number of rotatable bonds is 5. The molecule has 8 heteroatoms. The molecule has 4 rings (SSSR count). The fraction of sp³-hybridized carbons (Fsp3) is 0.125. The number of hydrogen-bond acceptors (Lipinski definition) is 5. The summed E-state index contributed by atoms with van der Waals surface area (Å²) in [4.78, 5) is 39.4.